The molecule has 0 spiro atoms. The van der Waals surface area contributed by atoms with Crippen LogP contribution in [0.15, 0.2) is 24.3 Å². The molecule has 2 N–H and O–H groups in total. The summed E-state index contributed by atoms with van der Waals surface area (Å²) >= 11 is 0. The molecule has 0 amide bonds. The van der Waals surface area contributed by atoms with Gasteiger partial charge in [-0.1, -0.05) is 36.8 Å². The lowest BCUT2D eigenvalue weighted by Gasteiger charge is -2.17. The number of benzene rings is 1. The Kier molecular flexibility index (Phi) is 6.44. The van der Waals surface area contributed by atoms with E-state index in [1.807, 2.05) is 0 Å². The lowest BCUT2D eigenvalue weighted by Crippen LogP contribution is -2.31. The largest absolute Gasteiger partial charge is 0.481 e. The summed E-state index contributed by atoms with van der Waals surface area (Å²) in [5.41, 5.74) is 2.61. The molecule has 0 saturated heterocycles. The zero-order chi connectivity index (χ0) is 13.4. The molecule has 1 unspecified atom stereocenters. The number of hydrogen-bond acceptors (Lipinski definition) is 2. The second-order valence-electron chi connectivity index (χ2n) is 4.75. The molecule has 0 aliphatic rings. The lowest BCUT2D eigenvalue weighted by molar-refractivity contribution is -0.137. The third-order valence-electron chi connectivity index (χ3n) is 3.10. The van der Waals surface area contributed by atoms with Crippen LogP contribution in [0.1, 0.15) is 37.3 Å². The highest BCUT2D eigenvalue weighted by Crippen LogP contribution is 2.08. The number of carbonyl (C=O) groups is 1. The van der Waals surface area contributed by atoms with Crippen LogP contribution < -0.4 is 5.32 Å². The smallest absolute Gasteiger partial charge is 0.303 e. The van der Waals surface area contributed by atoms with Gasteiger partial charge in [0.1, 0.15) is 0 Å². The van der Waals surface area contributed by atoms with E-state index in [9.17, 15) is 4.79 Å². The van der Waals surface area contributed by atoms with Gasteiger partial charge in [0.05, 0.1) is 0 Å². The van der Waals surface area contributed by atoms with E-state index >= 15 is 0 Å². The van der Waals surface area contributed by atoms with Crippen molar-refractivity contribution in [3.05, 3.63) is 35.4 Å². The molecule has 0 fully saturated rings. The van der Waals surface area contributed by atoms with Crippen LogP contribution in [0.5, 0.6) is 0 Å². The van der Waals surface area contributed by atoms with Crippen LogP contribution in [0.3, 0.4) is 0 Å². The summed E-state index contributed by atoms with van der Waals surface area (Å²) in [7, 11) is 0. The first-order valence-electron chi connectivity index (χ1n) is 6.62. The fourth-order valence-electron chi connectivity index (χ4n) is 1.92. The Morgan fingerprint density at radius 2 is 2.00 bits per heavy atom. The van der Waals surface area contributed by atoms with Crippen molar-refractivity contribution >= 4 is 5.97 Å². The third-order valence-corrected chi connectivity index (χ3v) is 3.10. The van der Waals surface area contributed by atoms with Gasteiger partial charge in [0.2, 0.25) is 0 Å². The molecule has 3 nitrogen and oxygen atoms in total. The molecule has 1 atom stereocenters. The number of aliphatic carboxylic acids is 1. The van der Waals surface area contributed by atoms with E-state index in [-0.39, 0.29) is 6.42 Å². The van der Waals surface area contributed by atoms with E-state index in [1.54, 1.807) is 0 Å². The van der Waals surface area contributed by atoms with E-state index < -0.39 is 5.97 Å². The minimum Gasteiger partial charge on any atom is -0.481 e. The average Bonchev–Trinajstić information content (AvgIpc) is 2.35. The Morgan fingerprint density at radius 3 is 2.56 bits per heavy atom. The summed E-state index contributed by atoms with van der Waals surface area (Å²) in [5.74, 6) is -0.719. The maximum absolute atomic E-state index is 10.4. The zero-order valence-corrected chi connectivity index (χ0v) is 11.3. The van der Waals surface area contributed by atoms with Crippen molar-refractivity contribution in [3.8, 4) is 0 Å². The van der Waals surface area contributed by atoms with Crippen molar-refractivity contribution in [3.63, 3.8) is 0 Å². The van der Waals surface area contributed by atoms with Gasteiger partial charge in [-0.25, -0.2) is 0 Å². The maximum Gasteiger partial charge on any atom is 0.303 e. The SMILES string of the molecule is CCC(Cc1ccc(C)cc1)NCCCC(=O)O. The number of hydrogen-bond donors (Lipinski definition) is 2. The fourth-order valence-corrected chi connectivity index (χ4v) is 1.92. The van der Waals surface area contributed by atoms with Crippen LogP contribution in [0.4, 0.5) is 0 Å². The first kappa shape index (κ1) is 14.7. The van der Waals surface area contributed by atoms with Crippen LogP contribution in [0.25, 0.3) is 0 Å². The number of rotatable bonds is 8. The van der Waals surface area contributed by atoms with Crippen molar-refractivity contribution in [2.75, 3.05) is 6.54 Å². The quantitative estimate of drug-likeness (QED) is 0.696. The highest BCUT2D eigenvalue weighted by atomic mass is 16.4. The van der Waals surface area contributed by atoms with Crippen molar-refractivity contribution < 1.29 is 9.90 Å². The Morgan fingerprint density at radius 1 is 1.33 bits per heavy atom. The topological polar surface area (TPSA) is 49.3 Å². The molecule has 0 heterocycles. The Bertz CT molecular complexity index is 359. The van der Waals surface area contributed by atoms with Crippen LogP contribution in [0.2, 0.25) is 0 Å². The van der Waals surface area contributed by atoms with Gasteiger partial charge in [0.25, 0.3) is 0 Å². The highest BCUT2D eigenvalue weighted by Gasteiger charge is 2.06. The molecule has 1 aromatic rings. The molecule has 0 aliphatic heterocycles. The molecule has 18 heavy (non-hydrogen) atoms. The van der Waals surface area contributed by atoms with Gasteiger partial charge in [0, 0.05) is 12.5 Å². The predicted molar refractivity (Wildman–Crippen MR) is 73.8 cm³/mol. The number of carboxylic acid groups (broad SMARTS) is 1. The molecule has 3 heteroatoms. The van der Waals surface area contributed by atoms with E-state index in [4.69, 9.17) is 5.11 Å². The minimum atomic E-state index is -0.719. The number of carboxylic acids is 1. The molecule has 0 radical (unpaired) electrons. The molecular weight excluding hydrogens is 226 g/mol. The van der Waals surface area contributed by atoms with Gasteiger partial charge in [-0.3, -0.25) is 4.79 Å². The van der Waals surface area contributed by atoms with E-state index in [0.29, 0.717) is 12.5 Å². The predicted octanol–water partition coefficient (Wildman–Crippen LogP) is 2.77. The van der Waals surface area contributed by atoms with Gasteiger partial charge < -0.3 is 10.4 Å². The molecule has 1 aromatic carbocycles. The van der Waals surface area contributed by atoms with Crippen LogP contribution in [-0.2, 0) is 11.2 Å². The van der Waals surface area contributed by atoms with Gasteiger partial charge in [-0.15, -0.1) is 0 Å². The summed E-state index contributed by atoms with van der Waals surface area (Å²) in [4.78, 5) is 10.4. The van der Waals surface area contributed by atoms with Crippen LogP contribution in [-0.4, -0.2) is 23.7 Å². The van der Waals surface area contributed by atoms with Crippen LogP contribution in [0, 0.1) is 6.92 Å². The molecule has 100 valence electrons. The molecular formula is C15H23NO2. The second-order valence-corrected chi connectivity index (χ2v) is 4.75. The zero-order valence-electron chi connectivity index (χ0n) is 11.3. The average molecular weight is 249 g/mol. The third kappa shape index (κ3) is 5.82. The van der Waals surface area contributed by atoms with Crippen LogP contribution >= 0.6 is 0 Å². The minimum absolute atomic E-state index is 0.244. The standard InChI is InChI=1S/C15H23NO2/c1-3-14(16-10-4-5-15(17)18)11-13-8-6-12(2)7-9-13/h6-9,14,16H,3-5,10-11H2,1-2H3,(H,17,18). The molecule has 0 aliphatic carbocycles. The Balaban J connectivity index is 2.32. The highest BCUT2D eigenvalue weighted by molar-refractivity contribution is 5.66. The Hall–Kier alpha value is -1.35. The fraction of sp³-hybridized carbons (Fsp3) is 0.533. The lowest BCUT2D eigenvalue weighted by atomic mass is 10.0. The molecule has 0 saturated carbocycles. The summed E-state index contributed by atoms with van der Waals surface area (Å²) in [6.07, 6.45) is 3.00. The Labute approximate surface area is 109 Å². The molecule has 1 rings (SSSR count). The van der Waals surface area contributed by atoms with Crippen molar-refractivity contribution in [2.45, 2.75) is 45.6 Å². The molecule has 0 bridgehead atoms. The first-order chi connectivity index (χ1) is 8.61. The normalized spacial score (nSPS) is 12.3. The number of nitrogens with one attached hydrogen (secondary N) is 1. The summed E-state index contributed by atoms with van der Waals surface area (Å²) in [5, 5.41) is 12.0. The first-order valence-corrected chi connectivity index (χ1v) is 6.62. The van der Waals surface area contributed by atoms with Gasteiger partial charge >= 0.3 is 5.97 Å². The van der Waals surface area contributed by atoms with E-state index in [2.05, 4.69) is 43.4 Å². The number of aryl methyl sites for hydroxylation is 1. The van der Waals surface area contributed by atoms with E-state index in [0.717, 1.165) is 19.4 Å². The van der Waals surface area contributed by atoms with E-state index in [1.165, 1.54) is 11.1 Å². The van der Waals surface area contributed by atoms with Crippen molar-refractivity contribution in [1.29, 1.82) is 0 Å². The summed E-state index contributed by atoms with van der Waals surface area (Å²) < 4.78 is 0. The monoisotopic (exact) mass is 249 g/mol. The van der Waals surface area contributed by atoms with Gasteiger partial charge in [-0.2, -0.15) is 0 Å². The van der Waals surface area contributed by atoms with Gasteiger partial charge in [-0.05, 0) is 38.3 Å². The van der Waals surface area contributed by atoms with Crippen molar-refractivity contribution in [2.24, 2.45) is 0 Å². The summed E-state index contributed by atoms with van der Waals surface area (Å²) in [6, 6.07) is 9.02. The van der Waals surface area contributed by atoms with Gasteiger partial charge in [0.15, 0.2) is 0 Å². The summed E-state index contributed by atoms with van der Waals surface area (Å²) in [6.45, 7) is 5.02. The second kappa shape index (κ2) is 7.88. The van der Waals surface area contributed by atoms with Crippen molar-refractivity contribution in [1.82, 2.24) is 5.32 Å². The molecule has 0 aromatic heterocycles. The maximum atomic E-state index is 10.4.